The SMILES string of the molecule is COc1ccc(NC(=O)CN(C)Cc2ccccc2C#N)cc1. The first-order valence-corrected chi connectivity index (χ1v) is 7.23. The van der Waals surface area contributed by atoms with Gasteiger partial charge in [-0.15, -0.1) is 0 Å². The third kappa shape index (κ3) is 4.83. The Bertz CT molecular complexity index is 705. The number of rotatable bonds is 6. The lowest BCUT2D eigenvalue weighted by Gasteiger charge is -2.17. The number of nitrogens with zero attached hydrogens (tertiary/aromatic N) is 2. The Kier molecular flexibility index (Phi) is 5.73. The Morgan fingerprint density at radius 2 is 1.91 bits per heavy atom. The molecule has 0 saturated carbocycles. The van der Waals surface area contributed by atoms with Gasteiger partial charge >= 0.3 is 0 Å². The molecule has 0 fully saturated rings. The molecule has 0 aliphatic heterocycles. The molecule has 0 bridgehead atoms. The van der Waals surface area contributed by atoms with Crippen molar-refractivity contribution in [1.82, 2.24) is 4.90 Å². The van der Waals surface area contributed by atoms with Gasteiger partial charge in [0.25, 0.3) is 0 Å². The zero-order valence-electron chi connectivity index (χ0n) is 13.2. The molecule has 0 atom stereocenters. The zero-order chi connectivity index (χ0) is 16.7. The van der Waals surface area contributed by atoms with E-state index in [9.17, 15) is 4.79 Å². The van der Waals surface area contributed by atoms with Crippen LogP contribution < -0.4 is 10.1 Å². The molecule has 0 unspecified atom stereocenters. The highest BCUT2D eigenvalue weighted by molar-refractivity contribution is 5.92. The van der Waals surface area contributed by atoms with Crippen LogP contribution in [-0.4, -0.2) is 31.5 Å². The van der Waals surface area contributed by atoms with Gasteiger partial charge in [-0.2, -0.15) is 5.26 Å². The van der Waals surface area contributed by atoms with Crippen molar-refractivity contribution in [2.75, 3.05) is 26.0 Å². The molecule has 0 aromatic heterocycles. The number of nitrogens with one attached hydrogen (secondary N) is 1. The van der Waals surface area contributed by atoms with E-state index in [1.807, 2.05) is 30.1 Å². The second kappa shape index (κ2) is 7.97. The number of carbonyl (C=O) groups excluding carboxylic acids is 1. The highest BCUT2D eigenvalue weighted by atomic mass is 16.5. The maximum atomic E-state index is 12.1. The first-order valence-electron chi connectivity index (χ1n) is 7.23. The molecule has 2 aromatic carbocycles. The number of ether oxygens (including phenoxy) is 1. The van der Waals surface area contributed by atoms with E-state index < -0.39 is 0 Å². The van der Waals surface area contributed by atoms with Crippen LogP contribution in [0.4, 0.5) is 5.69 Å². The van der Waals surface area contributed by atoms with E-state index in [-0.39, 0.29) is 12.5 Å². The number of hydrogen-bond acceptors (Lipinski definition) is 4. The first-order chi connectivity index (χ1) is 11.1. The van der Waals surface area contributed by atoms with E-state index in [2.05, 4.69) is 11.4 Å². The molecule has 23 heavy (non-hydrogen) atoms. The fourth-order valence-electron chi connectivity index (χ4n) is 2.23. The fraction of sp³-hybridized carbons (Fsp3) is 0.222. The van der Waals surface area contributed by atoms with Gasteiger partial charge in [0.15, 0.2) is 0 Å². The third-order valence-electron chi connectivity index (χ3n) is 3.37. The summed E-state index contributed by atoms with van der Waals surface area (Å²) in [7, 11) is 3.45. The highest BCUT2D eigenvalue weighted by Gasteiger charge is 2.09. The van der Waals surface area contributed by atoms with Crippen LogP contribution in [0.15, 0.2) is 48.5 Å². The standard InChI is InChI=1S/C18H19N3O2/c1-21(12-15-6-4-3-5-14(15)11-19)13-18(22)20-16-7-9-17(23-2)10-8-16/h3-10H,12-13H2,1-2H3,(H,20,22). The maximum Gasteiger partial charge on any atom is 0.238 e. The molecule has 118 valence electrons. The van der Waals surface area contributed by atoms with Gasteiger partial charge in [0.2, 0.25) is 5.91 Å². The summed E-state index contributed by atoms with van der Waals surface area (Å²) < 4.78 is 5.08. The van der Waals surface area contributed by atoms with Crippen molar-refractivity contribution in [3.8, 4) is 11.8 Å². The molecule has 0 spiro atoms. The zero-order valence-corrected chi connectivity index (χ0v) is 13.2. The Hall–Kier alpha value is -2.84. The topological polar surface area (TPSA) is 65.4 Å². The van der Waals surface area contributed by atoms with Crippen molar-refractivity contribution in [3.63, 3.8) is 0 Å². The van der Waals surface area contributed by atoms with Gasteiger partial charge in [0.05, 0.1) is 25.3 Å². The van der Waals surface area contributed by atoms with Gasteiger partial charge in [-0.05, 0) is 42.9 Å². The van der Waals surface area contributed by atoms with Crippen molar-refractivity contribution in [1.29, 1.82) is 5.26 Å². The number of nitriles is 1. The lowest BCUT2D eigenvalue weighted by atomic mass is 10.1. The van der Waals surface area contributed by atoms with Crippen LogP contribution in [0.3, 0.4) is 0 Å². The molecular weight excluding hydrogens is 290 g/mol. The van der Waals surface area contributed by atoms with Crippen LogP contribution in [0.2, 0.25) is 0 Å². The van der Waals surface area contributed by atoms with Gasteiger partial charge in [0, 0.05) is 12.2 Å². The molecule has 2 aromatic rings. The van der Waals surface area contributed by atoms with Gasteiger partial charge in [0.1, 0.15) is 5.75 Å². The number of hydrogen-bond donors (Lipinski definition) is 1. The van der Waals surface area contributed by atoms with E-state index in [0.29, 0.717) is 12.1 Å². The second-order valence-electron chi connectivity index (χ2n) is 5.22. The minimum absolute atomic E-state index is 0.105. The number of methoxy groups -OCH3 is 1. The largest absolute Gasteiger partial charge is 0.497 e. The smallest absolute Gasteiger partial charge is 0.238 e. The summed E-state index contributed by atoms with van der Waals surface area (Å²) in [6, 6.07) is 16.7. The molecule has 5 nitrogen and oxygen atoms in total. The van der Waals surface area contributed by atoms with Crippen LogP contribution in [-0.2, 0) is 11.3 Å². The second-order valence-corrected chi connectivity index (χ2v) is 5.22. The minimum Gasteiger partial charge on any atom is -0.497 e. The summed E-state index contributed by atoms with van der Waals surface area (Å²) in [4.78, 5) is 13.9. The molecule has 2 rings (SSSR count). The van der Waals surface area contributed by atoms with Crippen molar-refractivity contribution in [2.45, 2.75) is 6.54 Å². The van der Waals surface area contributed by atoms with E-state index in [0.717, 1.165) is 17.0 Å². The number of benzene rings is 2. The summed E-state index contributed by atoms with van der Waals surface area (Å²) in [6.45, 7) is 0.783. The van der Waals surface area contributed by atoms with Crippen LogP contribution in [0.1, 0.15) is 11.1 Å². The monoisotopic (exact) mass is 309 g/mol. The van der Waals surface area contributed by atoms with Gasteiger partial charge in [-0.25, -0.2) is 0 Å². The molecule has 0 aliphatic carbocycles. The van der Waals surface area contributed by atoms with Crippen molar-refractivity contribution < 1.29 is 9.53 Å². The molecule has 1 amide bonds. The van der Waals surface area contributed by atoms with Crippen LogP contribution in [0, 0.1) is 11.3 Å². The number of anilines is 1. The van der Waals surface area contributed by atoms with Gasteiger partial charge < -0.3 is 10.1 Å². The lowest BCUT2D eigenvalue weighted by molar-refractivity contribution is -0.117. The number of carbonyl (C=O) groups is 1. The lowest BCUT2D eigenvalue weighted by Crippen LogP contribution is -2.30. The quantitative estimate of drug-likeness (QED) is 0.891. The van der Waals surface area contributed by atoms with Crippen molar-refractivity contribution in [2.24, 2.45) is 0 Å². The summed E-state index contributed by atoms with van der Waals surface area (Å²) in [5, 5.41) is 11.9. The summed E-state index contributed by atoms with van der Waals surface area (Å²) in [6.07, 6.45) is 0. The third-order valence-corrected chi connectivity index (χ3v) is 3.37. The van der Waals surface area contributed by atoms with Crippen LogP contribution >= 0.6 is 0 Å². The average molecular weight is 309 g/mol. The Balaban J connectivity index is 1.90. The molecule has 1 N–H and O–H groups in total. The predicted octanol–water partition coefficient (Wildman–Crippen LogP) is 2.64. The average Bonchev–Trinajstić information content (AvgIpc) is 2.55. The Morgan fingerprint density at radius 1 is 1.22 bits per heavy atom. The van der Waals surface area contributed by atoms with Crippen LogP contribution in [0.25, 0.3) is 0 Å². The predicted molar refractivity (Wildman–Crippen MR) is 89.1 cm³/mol. The molecule has 0 radical (unpaired) electrons. The fourth-order valence-corrected chi connectivity index (χ4v) is 2.23. The van der Waals surface area contributed by atoms with Gasteiger partial charge in [-0.3, -0.25) is 9.69 Å². The van der Waals surface area contributed by atoms with Crippen molar-refractivity contribution >= 4 is 11.6 Å². The minimum atomic E-state index is -0.105. The number of likely N-dealkylation sites (N-methyl/N-ethyl adjacent to an activating group) is 1. The number of amides is 1. The molecule has 0 saturated heterocycles. The van der Waals surface area contributed by atoms with E-state index >= 15 is 0 Å². The molecule has 5 heteroatoms. The summed E-state index contributed by atoms with van der Waals surface area (Å²) in [5.41, 5.74) is 2.27. The van der Waals surface area contributed by atoms with Gasteiger partial charge in [-0.1, -0.05) is 18.2 Å². The Labute approximate surface area is 136 Å². The molecular formula is C18H19N3O2. The van der Waals surface area contributed by atoms with Crippen molar-refractivity contribution in [3.05, 3.63) is 59.7 Å². The van der Waals surface area contributed by atoms with E-state index in [4.69, 9.17) is 10.00 Å². The normalized spacial score (nSPS) is 10.2. The first kappa shape index (κ1) is 16.5. The Morgan fingerprint density at radius 3 is 2.57 bits per heavy atom. The maximum absolute atomic E-state index is 12.1. The molecule has 0 heterocycles. The highest BCUT2D eigenvalue weighted by Crippen LogP contribution is 2.15. The molecule has 0 aliphatic rings. The van der Waals surface area contributed by atoms with Crippen LogP contribution in [0.5, 0.6) is 5.75 Å². The summed E-state index contributed by atoms with van der Waals surface area (Å²) >= 11 is 0. The summed E-state index contributed by atoms with van der Waals surface area (Å²) in [5.74, 6) is 0.639. The van der Waals surface area contributed by atoms with E-state index in [1.54, 1.807) is 37.4 Å². The van der Waals surface area contributed by atoms with E-state index in [1.165, 1.54) is 0 Å².